The molecule has 4 aromatic carbocycles. The number of aliphatic imine (C=N–C) groups is 2. The maximum absolute atomic E-state index is 6.33. The number of benzene rings is 4. The molecule has 196 valence electrons. The number of nitrogens with one attached hydrogen (secondary N) is 1. The Morgan fingerprint density at radius 2 is 1.45 bits per heavy atom. The lowest BCUT2D eigenvalue weighted by molar-refractivity contribution is 0.815. The summed E-state index contributed by atoms with van der Waals surface area (Å²) in [5, 5.41) is 10.1. The van der Waals surface area contributed by atoms with Gasteiger partial charge in [0.15, 0.2) is 17.5 Å². The normalized spacial score (nSPS) is 15.5. The number of aryl methyl sites for hydroxylation is 1. The van der Waals surface area contributed by atoms with Crippen LogP contribution in [0.15, 0.2) is 107 Å². The van der Waals surface area contributed by atoms with Gasteiger partial charge in [0, 0.05) is 26.3 Å². The van der Waals surface area contributed by atoms with E-state index in [1.165, 1.54) is 0 Å². The van der Waals surface area contributed by atoms with Gasteiger partial charge in [0.05, 0.1) is 28.8 Å². The molecule has 2 aliphatic rings. The van der Waals surface area contributed by atoms with E-state index in [0.29, 0.717) is 32.4 Å². The van der Waals surface area contributed by atoms with Crippen molar-refractivity contribution in [1.82, 2.24) is 9.78 Å². The van der Waals surface area contributed by atoms with Crippen molar-refractivity contribution in [2.75, 3.05) is 10.2 Å². The van der Waals surface area contributed by atoms with Crippen LogP contribution in [0.5, 0.6) is 0 Å². The third kappa shape index (κ3) is 4.25. The molecule has 0 fully saturated rings. The summed E-state index contributed by atoms with van der Waals surface area (Å²) < 4.78 is 1.90. The number of nitrogens with zero attached hydrogens (tertiary/aromatic N) is 5. The topological polar surface area (TPSA) is 57.8 Å². The van der Waals surface area contributed by atoms with Crippen LogP contribution in [0, 0.1) is 6.92 Å². The Balaban J connectivity index is 1.50. The first-order valence-electron chi connectivity index (χ1n) is 12.7. The Morgan fingerprint density at radius 1 is 0.750 bits per heavy atom. The van der Waals surface area contributed by atoms with E-state index in [2.05, 4.69) is 28.4 Å². The van der Waals surface area contributed by atoms with Gasteiger partial charge < -0.3 is 10.2 Å². The first kappa shape index (κ1) is 24.9. The van der Waals surface area contributed by atoms with Crippen molar-refractivity contribution in [3.05, 3.63) is 129 Å². The summed E-state index contributed by atoms with van der Waals surface area (Å²) in [7, 11) is 0. The lowest BCUT2D eigenvalue weighted by Crippen LogP contribution is -2.46. The molecule has 0 spiro atoms. The molecule has 0 amide bonds. The van der Waals surface area contributed by atoms with Gasteiger partial charge >= 0.3 is 0 Å². The number of hydrogen-bond donors (Lipinski definition) is 1. The average molecular weight is 584 g/mol. The SMILES string of the molecule is Cc1nn(-c2ccccc2)c2c1C(c1ccc(Cl)cc1)N1C(=N2)C(Nc2cc(Cl)cc(Cl)c2)=Nc2ccccc21. The molecule has 1 N–H and O–H groups in total. The molecule has 5 aromatic rings. The second-order valence-electron chi connectivity index (χ2n) is 9.56. The molecule has 1 atom stereocenters. The summed E-state index contributed by atoms with van der Waals surface area (Å²) in [4.78, 5) is 12.5. The van der Waals surface area contributed by atoms with Crippen molar-refractivity contribution in [1.29, 1.82) is 0 Å². The summed E-state index contributed by atoms with van der Waals surface area (Å²) in [6.07, 6.45) is 0. The summed E-state index contributed by atoms with van der Waals surface area (Å²) in [6, 6.07) is 31.1. The Hall–Kier alpha value is -4.10. The summed E-state index contributed by atoms with van der Waals surface area (Å²) in [5.74, 6) is 1.97. The van der Waals surface area contributed by atoms with E-state index < -0.39 is 0 Å². The Labute approximate surface area is 246 Å². The van der Waals surface area contributed by atoms with Crippen LogP contribution in [-0.4, -0.2) is 21.5 Å². The fourth-order valence-electron chi connectivity index (χ4n) is 5.27. The molecule has 0 bridgehead atoms. The van der Waals surface area contributed by atoms with Gasteiger partial charge in [0.2, 0.25) is 0 Å². The minimum absolute atomic E-state index is 0.242. The van der Waals surface area contributed by atoms with Crippen molar-refractivity contribution in [3.63, 3.8) is 0 Å². The molecule has 9 heteroatoms. The van der Waals surface area contributed by atoms with Crippen LogP contribution >= 0.6 is 34.8 Å². The van der Waals surface area contributed by atoms with Crippen molar-refractivity contribution in [2.45, 2.75) is 13.0 Å². The number of halogens is 3. The molecule has 3 heterocycles. The predicted octanol–water partition coefficient (Wildman–Crippen LogP) is 8.94. The van der Waals surface area contributed by atoms with Crippen molar-refractivity contribution < 1.29 is 0 Å². The highest BCUT2D eigenvalue weighted by Gasteiger charge is 2.41. The zero-order valence-corrected chi connectivity index (χ0v) is 23.5. The van der Waals surface area contributed by atoms with Crippen molar-refractivity contribution in [2.24, 2.45) is 9.98 Å². The number of aromatic nitrogens is 2. The lowest BCUT2D eigenvalue weighted by Gasteiger charge is -2.40. The molecular weight excluding hydrogens is 563 g/mol. The molecule has 6 nitrogen and oxygen atoms in total. The smallest absolute Gasteiger partial charge is 0.179 e. The molecule has 7 rings (SSSR count). The van der Waals surface area contributed by atoms with Gasteiger partial charge in [0.1, 0.15) is 0 Å². The molecule has 0 saturated heterocycles. The zero-order chi connectivity index (χ0) is 27.4. The van der Waals surface area contributed by atoms with Crippen LogP contribution in [0.1, 0.15) is 22.9 Å². The highest BCUT2D eigenvalue weighted by molar-refractivity contribution is 6.52. The summed E-state index contributed by atoms with van der Waals surface area (Å²) in [5.41, 5.74) is 6.33. The highest BCUT2D eigenvalue weighted by atomic mass is 35.5. The lowest BCUT2D eigenvalue weighted by atomic mass is 9.93. The maximum atomic E-state index is 6.33. The van der Waals surface area contributed by atoms with Crippen LogP contribution in [-0.2, 0) is 0 Å². The third-order valence-electron chi connectivity index (χ3n) is 6.95. The summed E-state index contributed by atoms with van der Waals surface area (Å²) in [6.45, 7) is 2.03. The fraction of sp³-hybridized carbons (Fsp3) is 0.0645. The Morgan fingerprint density at radius 3 is 2.20 bits per heavy atom. The highest BCUT2D eigenvalue weighted by Crippen LogP contribution is 2.48. The number of fused-ring (bicyclic) bond motifs is 4. The summed E-state index contributed by atoms with van der Waals surface area (Å²) >= 11 is 19.0. The monoisotopic (exact) mass is 582 g/mol. The first-order valence-corrected chi connectivity index (χ1v) is 13.8. The minimum atomic E-state index is -0.242. The fourth-order valence-corrected chi connectivity index (χ4v) is 5.92. The van der Waals surface area contributed by atoms with E-state index in [4.69, 9.17) is 49.9 Å². The van der Waals surface area contributed by atoms with E-state index in [-0.39, 0.29) is 6.04 Å². The average Bonchev–Trinajstić information content (AvgIpc) is 3.28. The molecule has 1 unspecified atom stereocenters. The molecule has 0 radical (unpaired) electrons. The molecule has 0 aliphatic carbocycles. The number of anilines is 2. The second kappa shape index (κ2) is 9.82. The van der Waals surface area contributed by atoms with Crippen LogP contribution in [0.2, 0.25) is 15.1 Å². The van der Waals surface area contributed by atoms with E-state index in [9.17, 15) is 0 Å². The van der Waals surface area contributed by atoms with Gasteiger partial charge in [-0.3, -0.25) is 0 Å². The first-order chi connectivity index (χ1) is 19.5. The number of hydrogen-bond acceptors (Lipinski definition) is 5. The van der Waals surface area contributed by atoms with Crippen molar-refractivity contribution >= 4 is 69.4 Å². The van der Waals surface area contributed by atoms with Gasteiger partial charge in [-0.05, 0) is 67.1 Å². The third-order valence-corrected chi connectivity index (χ3v) is 7.64. The predicted molar refractivity (Wildman–Crippen MR) is 165 cm³/mol. The Bertz CT molecular complexity index is 1810. The van der Waals surface area contributed by atoms with Crippen LogP contribution < -0.4 is 10.2 Å². The Kier molecular flexibility index (Phi) is 6.12. The molecule has 1 aromatic heterocycles. The van der Waals surface area contributed by atoms with Gasteiger partial charge in [-0.1, -0.05) is 77.3 Å². The van der Waals surface area contributed by atoms with Crippen LogP contribution in [0.4, 0.5) is 22.9 Å². The van der Waals surface area contributed by atoms with E-state index in [1.54, 1.807) is 6.07 Å². The van der Waals surface area contributed by atoms with E-state index >= 15 is 0 Å². The van der Waals surface area contributed by atoms with Gasteiger partial charge in [-0.25, -0.2) is 14.7 Å². The minimum Gasteiger partial charge on any atom is -0.337 e. The van der Waals surface area contributed by atoms with Gasteiger partial charge in [-0.15, -0.1) is 0 Å². The van der Waals surface area contributed by atoms with Gasteiger partial charge in [0.25, 0.3) is 0 Å². The van der Waals surface area contributed by atoms with Crippen LogP contribution in [0.3, 0.4) is 0 Å². The van der Waals surface area contributed by atoms with Crippen molar-refractivity contribution in [3.8, 4) is 5.69 Å². The number of amidine groups is 2. The molecular formula is C31H21Cl3N6. The quantitative estimate of drug-likeness (QED) is 0.231. The zero-order valence-electron chi connectivity index (χ0n) is 21.2. The number of rotatable bonds is 3. The second-order valence-corrected chi connectivity index (χ2v) is 10.9. The maximum Gasteiger partial charge on any atom is 0.179 e. The van der Waals surface area contributed by atoms with Crippen LogP contribution in [0.25, 0.3) is 5.69 Å². The number of para-hydroxylation sites is 3. The largest absolute Gasteiger partial charge is 0.337 e. The van der Waals surface area contributed by atoms with E-state index in [0.717, 1.165) is 39.7 Å². The molecule has 0 saturated carbocycles. The molecule has 2 aliphatic heterocycles. The standard InChI is InChI=1S/C31H21Cl3N6/c1-18-27-28(19-11-13-20(32)14-12-19)39-26-10-6-5-9-25(26)36-29(35-23-16-21(33)15-22(34)17-23)31(39)37-30(27)40(38-18)24-7-3-2-4-8-24/h2-17,28H,1H3,(H,35,36). The molecule has 40 heavy (non-hydrogen) atoms. The van der Waals surface area contributed by atoms with Gasteiger partial charge in [-0.2, -0.15) is 5.10 Å². The van der Waals surface area contributed by atoms with E-state index in [1.807, 2.05) is 84.4 Å².